The number of para-hydroxylation sites is 3. The molecule has 4 aromatic rings. The van der Waals surface area contributed by atoms with Gasteiger partial charge in [-0.25, -0.2) is 0 Å². The van der Waals surface area contributed by atoms with Crippen LogP contribution in [-0.2, 0) is 4.79 Å². The Bertz CT molecular complexity index is 1250. The lowest BCUT2D eigenvalue weighted by Crippen LogP contribution is -2.23. The summed E-state index contributed by atoms with van der Waals surface area (Å²) in [5, 5.41) is 12.2. The number of nitrogens with one attached hydrogen (secondary N) is 1. The number of anilines is 1. The third-order valence-electron chi connectivity index (χ3n) is 5.38. The molecule has 0 aliphatic heterocycles. The van der Waals surface area contributed by atoms with Gasteiger partial charge in [-0.1, -0.05) is 60.3 Å². The van der Waals surface area contributed by atoms with Crippen molar-refractivity contribution in [1.29, 1.82) is 0 Å². The van der Waals surface area contributed by atoms with Gasteiger partial charge in [0.1, 0.15) is 5.75 Å². The number of methoxy groups -OCH3 is 1. The smallest absolute Gasteiger partial charge is 0.237 e. The molecular weight excluding hydrogens is 432 g/mol. The van der Waals surface area contributed by atoms with E-state index < -0.39 is 0 Å². The molecule has 0 radical (unpaired) electrons. The Balaban J connectivity index is 1.68. The molecule has 1 aromatic heterocycles. The van der Waals surface area contributed by atoms with E-state index in [4.69, 9.17) is 4.74 Å². The Hall–Kier alpha value is -3.58. The fourth-order valence-corrected chi connectivity index (χ4v) is 4.48. The first-order valence-corrected chi connectivity index (χ1v) is 11.6. The highest BCUT2D eigenvalue weighted by Gasteiger charge is 2.23. The van der Waals surface area contributed by atoms with Gasteiger partial charge in [-0.05, 0) is 56.2 Å². The highest BCUT2D eigenvalue weighted by molar-refractivity contribution is 8.00. The SMILES string of the molecule is COc1ccccc1-c1nnc(SC(C)C(=O)Nc2c(C)cccc2C)n1-c1ccccc1. The molecule has 0 saturated heterocycles. The van der Waals surface area contributed by atoms with E-state index in [2.05, 4.69) is 15.5 Å². The molecule has 0 aliphatic rings. The van der Waals surface area contributed by atoms with E-state index in [1.165, 1.54) is 11.8 Å². The largest absolute Gasteiger partial charge is 0.496 e. The number of nitrogens with zero attached hydrogens (tertiary/aromatic N) is 3. The van der Waals surface area contributed by atoms with Crippen LogP contribution in [0.4, 0.5) is 5.69 Å². The second kappa shape index (κ2) is 9.92. The number of rotatable bonds is 7. The number of carbonyl (C=O) groups is 1. The van der Waals surface area contributed by atoms with Crippen LogP contribution >= 0.6 is 11.8 Å². The molecule has 4 rings (SSSR count). The zero-order valence-corrected chi connectivity index (χ0v) is 19.9. The summed E-state index contributed by atoms with van der Waals surface area (Å²) < 4.78 is 7.52. The van der Waals surface area contributed by atoms with E-state index in [0.29, 0.717) is 16.7 Å². The van der Waals surface area contributed by atoms with Crippen LogP contribution in [0.5, 0.6) is 5.75 Å². The summed E-state index contributed by atoms with van der Waals surface area (Å²) in [5.74, 6) is 1.28. The average Bonchev–Trinajstić information content (AvgIpc) is 3.25. The minimum atomic E-state index is -0.388. The van der Waals surface area contributed by atoms with Gasteiger partial charge in [0.25, 0.3) is 0 Å². The van der Waals surface area contributed by atoms with Gasteiger partial charge >= 0.3 is 0 Å². The van der Waals surface area contributed by atoms with Crippen LogP contribution in [0.1, 0.15) is 18.1 Å². The summed E-state index contributed by atoms with van der Waals surface area (Å²) >= 11 is 1.37. The molecule has 0 aliphatic carbocycles. The number of aromatic nitrogens is 3. The highest BCUT2D eigenvalue weighted by Crippen LogP contribution is 2.34. The van der Waals surface area contributed by atoms with Gasteiger partial charge in [0.2, 0.25) is 5.91 Å². The van der Waals surface area contributed by atoms with Crippen LogP contribution < -0.4 is 10.1 Å². The highest BCUT2D eigenvalue weighted by atomic mass is 32.2. The summed E-state index contributed by atoms with van der Waals surface area (Å²) in [6, 6.07) is 23.6. The summed E-state index contributed by atoms with van der Waals surface area (Å²) in [6.07, 6.45) is 0. The van der Waals surface area contributed by atoms with E-state index in [0.717, 1.165) is 28.1 Å². The van der Waals surface area contributed by atoms with Crippen molar-refractivity contribution in [2.24, 2.45) is 0 Å². The molecule has 7 heteroatoms. The molecule has 1 heterocycles. The predicted octanol–water partition coefficient (Wildman–Crippen LogP) is 5.68. The quantitative estimate of drug-likeness (QED) is 0.361. The first-order chi connectivity index (χ1) is 16.0. The number of benzene rings is 3. The van der Waals surface area contributed by atoms with Crippen molar-refractivity contribution in [2.45, 2.75) is 31.2 Å². The third kappa shape index (κ3) is 4.78. The van der Waals surface area contributed by atoms with E-state index in [9.17, 15) is 4.79 Å². The third-order valence-corrected chi connectivity index (χ3v) is 6.42. The zero-order chi connectivity index (χ0) is 23.4. The standard InChI is InChI=1S/C26H26N4O2S/c1-17-11-10-12-18(2)23(17)27-25(31)19(3)33-26-29-28-24(21-15-8-9-16-22(21)32-4)30(26)20-13-6-5-7-14-20/h5-16,19H,1-4H3,(H,27,31). The first-order valence-electron chi connectivity index (χ1n) is 10.7. The van der Waals surface area contributed by atoms with Crippen molar-refractivity contribution in [3.05, 3.63) is 83.9 Å². The summed E-state index contributed by atoms with van der Waals surface area (Å²) in [4.78, 5) is 13.0. The van der Waals surface area contributed by atoms with Crippen molar-refractivity contribution >= 4 is 23.4 Å². The van der Waals surface area contributed by atoms with E-state index in [1.54, 1.807) is 7.11 Å². The maximum Gasteiger partial charge on any atom is 0.237 e. The van der Waals surface area contributed by atoms with Crippen LogP contribution in [0.2, 0.25) is 0 Å². The number of ether oxygens (including phenoxy) is 1. The number of hydrogen-bond donors (Lipinski definition) is 1. The van der Waals surface area contributed by atoms with Gasteiger partial charge < -0.3 is 10.1 Å². The number of amides is 1. The molecule has 1 unspecified atom stereocenters. The Morgan fingerprint density at radius 3 is 2.30 bits per heavy atom. The predicted molar refractivity (Wildman–Crippen MR) is 133 cm³/mol. The molecule has 6 nitrogen and oxygen atoms in total. The Morgan fingerprint density at radius 1 is 0.939 bits per heavy atom. The van der Waals surface area contributed by atoms with Crippen LogP contribution in [0.3, 0.4) is 0 Å². The van der Waals surface area contributed by atoms with Crippen molar-refractivity contribution in [3.63, 3.8) is 0 Å². The molecule has 1 N–H and O–H groups in total. The van der Waals surface area contributed by atoms with Crippen molar-refractivity contribution < 1.29 is 9.53 Å². The minimum absolute atomic E-state index is 0.0844. The molecule has 3 aromatic carbocycles. The fraction of sp³-hybridized carbons (Fsp3) is 0.192. The Morgan fingerprint density at radius 2 is 1.61 bits per heavy atom. The summed E-state index contributed by atoms with van der Waals surface area (Å²) in [7, 11) is 1.64. The van der Waals surface area contributed by atoms with Crippen molar-refractivity contribution in [3.8, 4) is 22.8 Å². The van der Waals surface area contributed by atoms with E-state index in [1.807, 2.05) is 98.1 Å². The van der Waals surface area contributed by atoms with Gasteiger partial charge in [-0.15, -0.1) is 10.2 Å². The average molecular weight is 459 g/mol. The number of thioether (sulfide) groups is 1. The van der Waals surface area contributed by atoms with E-state index >= 15 is 0 Å². The number of carbonyl (C=O) groups excluding carboxylic acids is 1. The number of hydrogen-bond acceptors (Lipinski definition) is 5. The Kier molecular flexibility index (Phi) is 6.79. The molecule has 0 saturated carbocycles. The second-order valence-corrected chi connectivity index (χ2v) is 9.00. The summed E-state index contributed by atoms with van der Waals surface area (Å²) in [6.45, 7) is 5.86. The summed E-state index contributed by atoms with van der Waals surface area (Å²) in [5.41, 5.74) is 4.66. The monoisotopic (exact) mass is 458 g/mol. The first kappa shape index (κ1) is 22.6. The van der Waals surface area contributed by atoms with Crippen LogP contribution in [0.15, 0.2) is 78.0 Å². The lowest BCUT2D eigenvalue weighted by Gasteiger charge is -2.16. The fourth-order valence-electron chi connectivity index (χ4n) is 3.61. The van der Waals surface area contributed by atoms with Gasteiger partial charge in [0.15, 0.2) is 11.0 Å². The lowest BCUT2D eigenvalue weighted by molar-refractivity contribution is -0.115. The van der Waals surface area contributed by atoms with E-state index in [-0.39, 0.29) is 11.2 Å². The van der Waals surface area contributed by atoms with Crippen molar-refractivity contribution in [2.75, 3.05) is 12.4 Å². The Labute approximate surface area is 198 Å². The second-order valence-electron chi connectivity index (χ2n) is 7.69. The number of aryl methyl sites for hydroxylation is 2. The van der Waals surface area contributed by atoms with Gasteiger partial charge in [0.05, 0.1) is 17.9 Å². The molecule has 0 bridgehead atoms. The maximum atomic E-state index is 13.0. The van der Waals surface area contributed by atoms with Crippen LogP contribution in [0, 0.1) is 13.8 Å². The molecule has 168 valence electrons. The van der Waals surface area contributed by atoms with Crippen molar-refractivity contribution in [1.82, 2.24) is 14.8 Å². The zero-order valence-electron chi connectivity index (χ0n) is 19.1. The molecule has 0 spiro atoms. The normalized spacial score (nSPS) is 11.8. The van der Waals surface area contributed by atoms with Crippen LogP contribution in [0.25, 0.3) is 17.1 Å². The molecule has 33 heavy (non-hydrogen) atoms. The molecule has 0 fully saturated rings. The molecule has 1 amide bonds. The van der Waals surface area contributed by atoms with Gasteiger partial charge in [-0.3, -0.25) is 9.36 Å². The van der Waals surface area contributed by atoms with Gasteiger partial charge in [0, 0.05) is 11.4 Å². The maximum absolute atomic E-state index is 13.0. The minimum Gasteiger partial charge on any atom is -0.496 e. The lowest BCUT2D eigenvalue weighted by atomic mass is 10.1. The molecular formula is C26H26N4O2S. The van der Waals surface area contributed by atoms with Gasteiger partial charge in [-0.2, -0.15) is 0 Å². The topological polar surface area (TPSA) is 69.0 Å². The molecule has 1 atom stereocenters. The van der Waals surface area contributed by atoms with Crippen LogP contribution in [-0.4, -0.2) is 33.0 Å².